The summed E-state index contributed by atoms with van der Waals surface area (Å²) < 4.78 is 5.20. The lowest BCUT2D eigenvalue weighted by molar-refractivity contribution is 0.414. The van der Waals surface area contributed by atoms with Gasteiger partial charge in [0.15, 0.2) is 5.11 Å². The third-order valence-corrected chi connectivity index (χ3v) is 2.14. The molecule has 0 amide bonds. The number of hydrogen-bond acceptors (Lipinski definition) is 3. The Labute approximate surface area is 107 Å². The third-order valence-electron chi connectivity index (χ3n) is 1.93. The number of hydrogen-bond donors (Lipinski definition) is 2. The van der Waals surface area contributed by atoms with E-state index < -0.39 is 0 Å². The zero-order valence-corrected chi connectivity index (χ0v) is 11.0. The average molecular weight is 251 g/mol. The van der Waals surface area contributed by atoms with Gasteiger partial charge in [0, 0.05) is 11.6 Å². The molecule has 17 heavy (non-hydrogen) atoms. The van der Waals surface area contributed by atoms with Gasteiger partial charge in [-0.1, -0.05) is 12.1 Å². The van der Waals surface area contributed by atoms with Crippen LogP contribution in [0.2, 0.25) is 0 Å². The van der Waals surface area contributed by atoms with Gasteiger partial charge in [-0.2, -0.15) is 5.10 Å². The van der Waals surface area contributed by atoms with Crippen molar-refractivity contribution in [1.29, 1.82) is 0 Å². The van der Waals surface area contributed by atoms with Crippen LogP contribution >= 0.6 is 12.2 Å². The van der Waals surface area contributed by atoms with E-state index in [9.17, 15) is 0 Å². The molecule has 5 heteroatoms. The van der Waals surface area contributed by atoms with Crippen molar-refractivity contribution >= 4 is 23.5 Å². The molecule has 2 N–H and O–H groups in total. The highest BCUT2D eigenvalue weighted by Gasteiger charge is 1.98. The molecule has 0 fully saturated rings. The van der Waals surface area contributed by atoms with E-state index in [4.69, 9.17) is 17.0 Å². The summed E-state index contributed by atoms with van der Waals surface area (Å²) >= 11 is 5.04. The van der Waals surface area contributed by atoms with E-state index in [1.165, 1.54) is 0 Å². The van der Waals surface area contributed by atoms with Crippen LogP contribution in [0.5, 0.6) is 5.75 Å². The first-order chi connectivity index (χ1) is 8.13. The van der Waals surface area contributed by atoms with Crippen LogP contribution < -0.4 is 15.5 Å². The topological polar surface area (TPSA) is 45.6 Å². The summed E-state index contributed by atoms with van der Waals surface area (Å²) in [6, 6.07) is 7.93. The van der Waals surface area contributed by atoms with E-state index in [2.05, 4.69) is 15.8 Å². The molecular weight excluding hydrogens is 234 g/mol. The van der Waals surface area contributed by atoms with E-state index in [0.717, 1.165) is 11.3 Å². The molecule has 1 rings (SSSR count). The lowest BCUT2D eigenvalue weighted by Gasteiger charge is -2.09. The second kappa shape index (κ2) is 6.85. The van der Waals surface area contributed by atoms with Crippen molar-refractivity contribution in [3.05, 3.63) is 29.8 Å². The van der Waals surface area contributed by atoms with Crippen LogP contribution in [-0.2, 0) is 0 Å². The van der Waals surface area contributed by atoms with Crippen LogP contribution in [0.1, 0.15) is 19.4 Å². The molecule has 0 heterocycles. The van der Waals surface area contributed by atoms with Crippen molar-refractivity contribution < 1.29 is 4.74 Å². The maximum absolute atomic E-state index is 5.20. The predicted octanol–water partition coefficient (Wildman–Crippen LogP) is 1.90. The number of para-hydroxylation sites is 1. The molecule has 0 aromatic heterocycles. The first kappa shape index (κ1) is 13.4. The summed E-state index contributed by atoms with van der Waals surface area (Å²) in [5.74, 6) is 0.779. The molecule has 0 aliphatic rings. The smallest absolute Gasteiger partial charge is 0.187 e. The van der Waals surface area contributed by atoms with Gasteiger partial charge in [0.2, 0.25) is 0 Å². The van der Waals surface area contributed by atoms with Crippen LogP contribution in [-0.4, -0.2) is 24.5 Å². The van der Waals surface area contributed by atoms with Crippen molar-refractivity contribution in [1.82, 2.24) is 10.7 Å². The molecule has 0 radical (unpaired) electrons. The Bertz CT molecular complexity index is 404. The number of nitrogens with one attached hydrogen (secondary N) is 2. The molecule has 92 valence electrons. The van der Waals surface area contributed by atoms with E-state index >= 15 is 0 Å². The molecule has 1 aromatic carbocycles. The maximum Gasteiger partial charge on any atom is 0.187 e. The maximum atomic E-state index is 5.20. The Morgan fingerprint density at radius 3 is 2.76 bits per heavy atom. The summed E-state index contributed by atoms with van der Waals surface area (Å²) in [6.07, 6.45) is 1.67. The van der Waals surface area contributed by atoms with Crippen LogP contribution in [0, 0.1) is 0 Å². The van der Waals surface area contributed by atoms with Gasteiger partial charge in [-0.3, -0.25) is 5.43 Å². The third kappa shape index (κ3) is 4.82. The quantitative estimate of drug-likeness (QED) is 0.487. The van der Waals surface area contributed by atoms with Crippen molar-refractivity contribution in [2.45, 2.75) is 19.9 Å². The number of methoxy groups -OCH3 is 1. The predicted molar refractivity (Wildman–Crippen MR) is 74.6 cm³/mol. The zero-order chi connectivity index (χ0) is 12.7. The number of benzene rings is 1. The molecule has 4 nitrogen and oxygen atoms in total. The minimum atomic E-state index is 0.288. The van der Waals surface area contributed by atoms with Gasteiger partial charge in [0.1, 0.15) is 5.75 Å². The van der Waals surface area contributed by atoms with E-state index in [0.29, 0.717) is 5.11 Å². The van der Waals surface area contributed by atoms with Gasteiger partial charge in [-0.05, 0) is 38.2 Å². The summed E-state index contributed by atoms with van der Waals surface area (Å²) in [5.41, 5.74) is 3.65. The Morgan fingerprint density at radius 1 is 1.41 bits per heavy atom. The minimum Gasteiger partial charge on any atom is -0.496 e. The normalized spacial score (nSPS) is 10.6. The first-order valence-corrected chi connectivity index (χ1v) is 5.77. The average Bonchev–Trinajstić information content (AvgIpc) is 2.28. The first-order valence-electron chi connectivity index (χ1n) is 5.36. The Balaban J connectivity index is 2.56. The van der Waals surface area contributed by atoms with Crippen molar-refractivity contribution in [2.24, 2.45) is 5.10 Å². The Hall–Kier alpha value is -1.62. The monoisotopic (exact) mass is 251 g/mol. The number of thiocarbonyl (C=S) groups is 1. The number of hydrazone groups is 1. The highest BCUT2D eigenvalue weighted by molar-refractivity contribution is 7.80. The van der Waals surface area contributed by atoms with Gasteiger partial charge >= 0.3 is 0 Å². The minimum absolute atomic E-state index is 0.288. The fourth-order valence-electron chi connectivity index (χ4n) is 1.23. The van der Waals surface area contributed by atoms with Crippen LogP contribution in [0.4, 0.5) is 0 Å². The van der Waals surface area contributed by atoms with Gasteiger partial charge in [0.05, 0.1) is 13.3 Å². The number of nitrogens with zero attached hydrogens (tertiary/aromatic N) is 1. The molecule has 0 bridgehead atoms. The van der Waals surface area contributed by atoms with Crippen molar-refractivity contribution in [3.8, 4) is 5.75 Å². The molecule has 0 unspecified atom stereocenters. The summed E-state index contributed by atoms with van der Waals surface area (Å²) in [7, 11) is 1.63. The Kier molecular flexibility index (Phi) is 5.42. The van der Waals surface area contributed by atoms with Gasteiger partial charge in [-0.25, -0.2) is 0 Å². The van der Waals surface area contributed by atoms with Gasteiger partial charge in [-0.15, -0.1) is 0 Å². The molecule has 1 aromatic rings. The van der Waals surface area contributed by atoms with Crippen molar-refractivity contribution in [2.75, 3.05) is 7.11 Å². The SMILES string of the molecule is COc1ccccc1/C=N/NC(=S)NC(C)C. The number of rotatable bonds is 4. The molecular formula is C12H17N3OS. The second-order valence-electron chi connectivity index (χ2n) is 3.74. The highest BCUT2D eigenvalue weighted by Crippen LogP contribution is 2.14. The summed E-state index contributed by atoms with van der Waals surface area (Å²) in [4.78, 5) is 0. The van der Waals surface area contributed by atoms with E-state index in [-0.39, 0.29) is 6.04 Å². The Morgan fingerprint density at radius 2 is 2.12 bits per heavy atom. The number of ether oxygens (including phenoxy) is 1. The van der Waals surface area contributed by atoms with Crippen molar-refractivity contribution in [3.63, 3.8) is 0 Å². The molecule has 0 saturated carbocycles. The fraction of sp³-hybridized carbons (Fsp3) is 0.333. The molecule has 0 aliphatic carbocycles. The van der Waals surface area contributed by atoms with Crippen LogP contribution in [0.25, 0.3) is 0 Å². The second-order valence-corrected chi connectivity index (χ2v) is 4.15. The molecule has 0 spiro atoms. The highest BCUT2D eigenvalue weighted by atomic mass is 32.1. The van der Waals surface area contributed by atoms with Crippen LogP contribution in [0.15, 0.2) is 29.4 Å². The molecule has 0 saturated heterocycles. The standard InChI is InChI=1S/C12H17N3OS/c1-9(2)14-12(17)15-13-8-10-6-4-5-7-11(10)16-3/h4-9H,1-3H3,(H2,14,15,17)/b13-8+. The van der Waals surface area contributed by atoms with Crippen LogP contribution in [0.3, 0.4) is 0 Å². The van der Waals surface area contributed by atoms with Gasteiger partial charge < -0.3 is 10.1 Å². The molecule has 0 aliphatic heterocycles. The van der Waals surface area contributed by atoms with E-state index in [1.807, 2.05) is 38.1 Å². The fourth-order valence-corrected chi connectivity index (χ4v) is 1.52. The zero-order valence-electron chi connectivity index (χ0n) is 10.2. The lowest BCUT2D eigenvalue weighted by atomic mass is 10.2. The lowest BCUT2D eigenvalue weighted by Crippen LogP contribution is -2.36. The summed E-state index contributed by atoms with van der Waals surface area (Å²) in [5, 5.41) is 7.58. The molecule has 0 atom stereocenters. The summed E-state index contributed by atoms with van der Waals surface area (Å²) in [6.45, 7) is 4.02. The van der Waals surface area contributed by atoms with Gasteiger partial charge in [0.25, 0.3) is 0 Å². The van der Waals surface area contributed by atoms with E-state index in [1.54, 1.807) is 13.3 Å². The largest absolute Gasteiger partial charge is 0.496 e.